The molecule has 26 heavy (non-hydrogen) atoms. The average Bonchev–Trinajstić information content (AvgIpc) is 3.03. The van der Waals surface area contributed by atoms with Crippen molar-refractivity contribution in [1.82, 2.24) is 4.31 Å². The Kier molecular flexibility index (Phi) is 7.64. The van der Waals surface area contributed by atoms with E-state index in [2.05, 4.69) is 6.92 Å². The Bertz CT molecular complexity index is 748. The van der Waals surface area contributed by atoms with Gasteiger partial charge in [-0.2, -0.15) is 0 Å². The zero-order valence-corrected chi connectivity index (χ0v) is 16.5. The van der Waals surface area contributed by atoms with Crippen LogP contribution in [0.4, 0.5) is 0 Å². The third-order valence-electron chi connectivity index (χ3n) is 4.75. The highest BCUT2D eigenvalue weighted by molar-refractivity contribution is 7.89. The average molecular weight is 376 g/mol. The molecule has 1 heterocycles. The van der Waals surface area contributed by atoms with Gasteiger partial charge in [0.25, 0.3) is 10.0 Å². The standard InChI is InChI=1S/C21H29NO3S/c1-3-4-5-6-7-10-21-19(9-8-17-23)15-16-22(21)26(24,25)20-13-11-18(2)12-14-20/h8-14,17,19H,3-7,15-16H2,1-2H3/b9-8+,21-10-. The lowest BCUT2D eigenvalue weighted by Gasteiger charge is -2.22. The number of hydrogen-bond acceptors (Lipinski definition) is 3. The third-order valence-corrected chi connectivity index (χ3v) is 6.59. The number of benzene rings is 1. The largest absolute Gasteiger partial charge is 0.299 e. The first-order valence-corrected chi connectivity index (χ1v) is 10.9. The molecule has 1 unspecified atom stereocenters. The summed E-state index contributed by atoms with van der Waals surface area (Å²) in [5.74, 6) is -0.0217. The zero-order valence-electron chi connectivity index (χ0n) is 15.7. The van der Waals surface area contributed by atoms with Crippen molar-refractivity contribution in [2.45, 2.75) is 57.3 Å². The van der Waals surface area contributed by atoms with E-state index < -0.39 is 10.0 Å². The Labute approximate surface area is 157 Å². The highest BCUT2D eigenvalue weighted by Crippen LogP contribution is 2.34. The molecule has 0 bridgehead atoms. The van der Waals surface area contributed by atoms with E-state index in [9.17, 15) is 13.2 Å². The third kappa shape index (κ3) is 5.07. The van der Waals surface area contributed by atoms with E-state index in [1.807, 2.05) is 31.2 Å². The number of nitrogens with zero attached hydrogens (tertiary/aromatic N) is 1. The van der Waals surface area contributed by atoms with Crippen LogP contribution in [-0.2, 0) is 14.8 Å². The van der Waals surface area contributed by atoms with E-state index in [-0.39, 0.29) is 5.92 Å². The maximum absolute atomic E-state index is 13.1. The van der Waals surface area contributed by atoms with Gasteiger partial charge in [0, 0.05) is 18.2 Å². The minimum atomic E-state index is -3.57. The van der Waals surface area contributed by atoms with Crippen molar-refractivity contribution in [1.29, 1.82) is 0 Å². The second-order valence-corrected chi connectivity index (χ2v) is 8.65. The molecule has 0 aliphatic carbocycles. The SMILES string of the molecule is CCCCCC/C=C1/C(/C=C/C=O)CCN1S(=O)(=O)c1ccc(C)cc1. The van der Waals surface area contributed by atoms with Crippen LogP contribution in [0.3, 0.4) is 0 Å². The Morgan fingerprint density at radius 1 is 1.15 bits per heavy atom. The van der Waals surface area contributed by atoms with Crippen molar-refractivity contribution >= 4 is 16.3 Å². The molecule has 1 aliphatic rings. The number of aryl methyl sites for hydroxylation is 1. The predicted octanol–water partition coefficient (Wildman–Crippen LogP) is 4.62. The Morgan fingerprint density at radius 3 is 2.54 bits per heavy atom. The normalized spacial score (nSPS) is 19.5. The fourth-order valence-electron chi connectivity index (χ4n) is 3.26. The van der Waals surface area contributed by atoms with Gasteiger partial charge in [0.05, 0.1) is 4.90 Å². The molecule has 1 aliphatic heterocycles. The maximum atomic E-state index is 13.1. The van der Waals surface area contributed by atoms with Crippen LogP contribution in [0.1, 0.15) is 51.0 Å². The fraction of sp³-hybridized carbons (Fsp3) is 0.476. The van der Waals surface area contributed by atoms with Crippen LogP contribution in [0.15, 0.2) is 53.1 Å². The molecule has 1 aromatic rings. The number of sulfonamides is 1. The fourth-order valence-corrected chi connectivity index (χ4v) is 4.83. The Hall–Kier alpha value is -1.88. The first kappa shape index (κ1) is 20.4. The van der Waals surface area contributed by atoms with Crippen LogP contribution >= 0.6 is 0 Å². The molecule has 4 nitrogen and oxygen atoms in total. The van der Waals surface area contributed by atoms with Gasteiger partial charge in [0.1, 0.15) is 6.29 Å². The molecule has 0 spiro atoms. The highest BCUT2D eigenvalue weighted by Gasteiger charge is 2.34. The molecule has 1 saturated heterocycles. The van der Waals surface area contributed by atoms with Gasteiger partial charge in [-0.05, 0) is 44.4 Å². The molecule has 142 valence electrons. The molecule has 0 N–H and O–H groups in total. The molecule has 0 saturated carbocycles. The first-order valence-electron chi connectivity index (χ1n) is 9.42. The summed E-state index contributed by atoms with van der Waals surface area (Å²) in [5, 5.41) is 0. The number of carbonyl (C=O) groups excluding carboxylic acids is 1. The molecule has 0 radical (unpaired) electrons. The quantitative estimate of drug-likeness (QED) is 0.360. The van der Waals surface area contributed by atoms with Gasteiger partial charge in [-0.3, -0.25) is 9.10 Å². The summed E-state index contributed by atoms with van der Waals surface area (Å²) in [6, 6.07) is 6.97. The smallest absolute Gasteiger partial charge is 0.264 e. The van der Waals surface area contributed by atoms with E-state index >= 15 is 0 Å². The van der Waals surface area contributed by atoms with E-state index in [1.165, 1.54) is 23.2 Å². The Morgan fingerprint density at radius 2 is 1.88 bits per heavy atom. The van der Waals surface area contributed by atoms with Gasteiger partial charge in [0.2, 0.25) is 0 Å². The van der Waals surface area contributed by atoms with Crippen molar-refractivity contribution in [3.05, 3.63) is 53.8 Å². The topological polar surface area (TPSA) is 54.5 Å². The molecule has 0 aromatic heterocycles. The number of unbranched alkanes of at least 4 members (excludes halogenated alkanes) is 4. The van der Waals surface area contributed by atoms with Crippen molar-refractivity contribution in [2.24, 2.45) is 5.92 Å². The summed E-state index contributed by atoms with van der Waals surface area (Å²) >= 11 is 0. The summed E-state index contributed by atoms with van der Waals surface area (Å²) in [6.07, 6.45) is 12.2. The van der Waals surface area contributed by atoms with Crippen molar-refractivity contribution in [3.8, 4) is 0 Å². The predicted molar refractivity (Wildman–Crippen MR) is 105 cm³/mol. The minimum Gasteiger partial charge on any atom is -0.299 e. The molecule has 1 fully saturated rings. The van der Waals surface area contributed by atoms with Crippen LogP contribution in [-0.4, -0.2) is 25.6 Å². The number of carbonyl (C=O) groups is 1. The van der Waals surface area contributed by atoms with Crippen LogP contribution in [0.25, 0.3) is 0 Å². The lowest BCUT2D eigenvalue weighted by molar-refractivity contribution is -0.104. The second kappa shape index (κ2) is 9.72. The van der Waals surface area contributed by atoms with Crippen molar-refractivity contribution in [2.75, 3.05) is 6.54 Å². The Balaban J connectivity index is 2.26. The molecule has 2 rings (SSSR count). The molecule has 1 aromatic carbocycles. The van der Waals surface area contributed by atoms with Gasteiger partial charge in [-0.1, -0.05) is 56.0 Å². The highest BCUT2D eigenvalue weighted by atomic mass is 32.2. The number of rotatable bonds is 9. The molecular formula is C21H29NO3S. The molecule has 5 heteroatoms. The summed E-state index contributed by atoms with van der Waals surface area (Å²) in [4.78, 5) is 11.0. The van der Waals surface area contributed by atoms with E-state index in [1.54, 1.807) is 12.1 Å². The van der Waals surface area contributed by atoms with E-state index in [4.69, 9.17) is 0 Å². The van der Waals surface area contributed by atoms with Crippen LogP contribution < -0.4 is 0 Å². The van der Waals surface area contributed by atoms with Gasteiger partial charge >= 0.3 is 0 Å². The van der Waals surface area contributed by atoms with Gasteiger partial charge in [-0.15, -0.1) is 0 Å². The lowest BCUT2D eigenvalue weighted by atomic mass is 10.0. The van der Waals surface area contributed by atoms with Crippen LogP contribution in [0, 0.1) is 12.8 Å². The van der Waals surface area contributed by atoms with E-state index in [0.717, 1.165) is 36.8 Å². The minimum absolute atomic E-state index is 0.0217. The van der Waals surface area contributed by atoms with Crippen LogP contribution in [0.5, 0.6) is 0 Å². The van der Waals surface area contributed by atoms with Gasteiger partial charge < -0.3 is 0 Å². The molecule has 1 atom stereocenters. The number of allylic oxidation sites excluding steroid dienone is 3. The zero-order chi connectivity index (χ0) is 19.0. The monoisotopic (exact) mass is 375 g/mol. The van der Waals surface area contributed by atoms with Crippen LogP contribution in [0.2, 0.25) is 0 Å². The second-order valence-electron chi connectivity index (χ2n) is 6.78. The number of hydrogen-bond donors (Lipinski definition) is 0. The lowest BCUT2D eigenvalue weighted by Crippen LogP contribution is -2.27. The molecule has 0 amide bonds. The van der Waals surface area contributed by atoms with E-state index in [0.29, 0.717) is 17.9 Å². The van der Waals surface area contributed by atoms with Crippen molar-refractivity contribution < 1.29 is 13.2 Å². The van der Waals surface area contributed by atoms with Gasteiger partial charge in [-0.25, -0.2) is 8.42 Å². The van der Waals surface area contributed by atoms with Crippen molar-refractivity contribution in [3.63, 3.8) is 0 Å². The van der Waals surface area contributed by atoms with Gasteiger partial charge in [0.15, 0.2) is 0 Å². The summed E-state index contributed by atoms with van der Waals surface area (Å²) in [5.41, 5.74) is 1.84. The maximum Gasteiger partial charge on any atom is 0.264 e. The summed E-state index contributed by atoms with van der Waals surface area (Å²) in [6.45, 7) is 4.56. The molecular weight excluding hydrogens is 346 g/mol. The first-order chi connectivity index (χ1) is 12.5. The number of aldehydes is 1. The summed E-state index contributed by atoms with van der Waals surface area (Å²) in [7, 11) is -3.57. The summed E-state index contributed by atoms with van der Waals surface area (Å²) < 4.78 is 27.7.